The first-order valence-electron chi connectivity index (χ1n) is 9.78. The molecule has 7 nitrogen and oxygen atoms in total. The highest BCUT2D eigenvalue weighted by Crippen LogP contribution is 2.30. The molecule has 1 saturated heterocycles. The minimum atomic E-state index is -0.357. The third-order valence-corrected chi connectivity index (χ3v) is 6.40. The number of amides is 1. The largest absolute Gasteiger partial charge is 0.338 e. The molecular formula is C22H22N6OS. The van der Waals surface area contributed by atoms with Gasteiger partial charge in [-0.3, -0.25) is 4.79 Å². The van der Waals surface area contributed by atoms with E-state index in [1.54, 1.807) is 12.3 Å². The van der Waals surface area contributed by atoms with Crippen LogP contribution in [0, 0.1) is 18.3 Å². The number of carbonyl (C=O) groups excluding carboxylic acids is 1. The first-order valence-corrected chi connectivity index (χ1v) is 10.6. The molecule has 0 radical (unpaired) electrons. The maximum Gasteiger partial charge on any atom is 0.266 e. The van der Waals surface area contributed by atoms with E-state index in [4.69, 9.17) is 11.0 Å². The molecule has 0 bridgehead atoms. The molecule has 0 aliphatic carbocycles. The summed E-state index contributed by atoms with van der Waals surface area (Å²) in [5, 5.41) is 9.78. The highest BCUT2D eigenvalue weighted by Gasteiger charge is 2.34. The fourth-order valence-electron chi connectivity index (χ4n) is 3.76. The maximum atomic E-state index is 13.2. The van der Waals surface area contributed by atoms with Gasteiger partial charge in [0.25, 0.3) is 5.91 Å². The number of hydrogen-bond donors (Lipinski definition) is 1. The van der Waals surface area contributed by atoms with Gasteiger partial charge in [0.2, 0.25) is 0 Å². The molecule has 152 valence electrons. The number of hydrogen-bond acceptors (Lipinski definition) is 7. The number of benzene rings is 1. The van der Waals surface area contributed by atoms with Crippen molar-refractivity contribution < 1.29 is 4.79 Å². The zero-order valence-electron chi connectivity index (χ0n) is 16.7. The predicted octanol–water partition coefficient (Wildman–Crippen LogP) is 2.96. The summed E-state index contributed by atoms with van der Waals surface area (Å²) in [6, 6.07) is 11.4. The van der Waals surface area contributed by atoms with Crippen LogP contribution in [0.5, 0.6) is 0 Å². The number of aromatic nitrogens is 3. The van der Waals surface area contributed by atoms with E-state index in [1.165, 1.54) is 17.7 Å². The number of aryl methyl sites for hydroxylation is 1. The van der Waals surface area contributed by atoms with Crippen molar-refractivity contribution in [3.63, 3.8) is 0 Å². The number of nitrogens with two attached hydrogens (primary N) is 1. The molecule has 1 amide bonds. The van der Waals surface area contributed by atoms with E-state index in [1.807, 2.05) is 36.1 Å². The van der Waals surface area contributed by atoms with Crippen LogP contribution < -0.4 is 5.73 Å². The molecule has 1 aliphatic rings. The van der Waals surface area contributed by atoms with Crippen LogP contribution in [0.1, 0.15) is 38.6 Å². The van der Waals surface area contributed by atoms with Gasteiger partial charge in [-0.25, -0.2) is 15.0 Å². The Kier molecular flexibility index (Phi) is 5.57. The lowest BCUT2D eigenvalue weighted by atomic mass is 9.82. The van der Waals surface area contributed by atoms with Gasteiger partial charge in [-0.15, -0.1) is 11.3 Å². The zero-order chi connectivity index (χ0) is 21.1. The summed E-state index contributed by atoms with van der Waals surface area (Å²) in [6.07, 6.45) is 5.29. The Balaban J connectivity index is 1.45. The molecular weight excluding hydrogens is 396 g/mol. The fraction of sp³-hybridized carbons (Fsp3) is 0.318. The summed E-state index contributed by atoms with van der Waals surface area (Å²) in [7, 11) is 0. The molecule has 3 aromatic rings. The van der Waals surface area contributed by atoms with Crippen molar-refractivity contribution in [2.24, 2.45) is 5.73 Å². The van der Waals surface area contributed by atoms with Crippen molar-refractivity contribution in [3.8, 4) is 17.5 Å². The van der Waals surface area contributed by atoms with E-state index in [0.717, 1.165) is 29.8 Å². The summed E-state index contributed by atoms with van der Waals surface area (Å²) in [5.74, 6) is -0.0189. The van der Waals surface area contributed by atoms with Crippen molar-refractivity contribution in [3.05, 3.63) is 63.9 Å². The van der Waals surface area contributed by atoms with E-state index >= 15 is 0 Å². The van der Waals surface area contributed by atoms with E-state index in [9.17, 15) is 4.79 Å². The monoisotopic (exact) mass is 418 g/mol. The van der Waals surface area contributed by atoms with E-state index in [2.05, 4.69) is 21.0 Å². The maximum absolute atomic E-state index is 13.2. The Morgan fingerprint density at radius 2 is 2.00 bits per heavy atom. The molecule has 1 aromatic carbocycles. The number of thiazole rings is 1. The Morgan fingerprint density at radius 1 is 1.27 bits per heavy atom. The lowest BCUT2D eigenvalue weighted by molar-refractivity contribution is 0.0676. The summed E-state index contributed by atoms with van der Waals surface area (Å²) in [5.41, 5.74) is 9.33. The predicted molar refractivity (Wildman–Crippen MR) is 115 cm³/mol. The van der Waals surface area contributed by atoms with Gasteiger partial charge < -0.3 is 10.6 Å². The lowest BCUT2D eigenvalue weighted by Gasteiger charge is -2.39. The topological polar surface area (TPSA) is 109 Å². The summed E-state index contributed by atoms with van der Waals surface area (Å²) in [6.45, 7) is 3.10. The molecule has 4 rings (SSSR count). The Morgan fingerprint density at radius 3 is 2.63 bits per heavy atom. The zero-order valence-corrected chi connectivity index (χ0v) is 17.5. The fourth-order valence-corrected chi connectivity index (χ4v) is 4.65. The van der Waals surface area contributed by atoms with Crippen LogP contribution in [-0.4, -0.2) is 44.4 Å². The number of nitriles is 1. The Labute approximate surface area is 179 Å². The minimum absolute atomic E-state index is 0.0189. The molecule has 3 heterocycles. The van der Waals surface area contributed by atoms with Crippen molar-refractivity contribution >= 4 is 17.2 Å². The van der Waals surface area contributed by atoms with Gasteiger partial charge >= 0.3 is 0 Å². The molecule has 2 N–H and O–H groups in total. The third-order valence-electron chi connectivity index (χ3n) is 5.44. The smallest absolute Gasteiger partial charge is 0.266 e. The minimum Gasteiger partial charge on any atom is -0.338 e. The second-order valence-electron chi connectivity index (χ2n) is 7.65. The molecule has 1 aliphatic heterocycles. The van der Waals surface area contributed by atoms with Gasteiger partial charge in [0.05, 0.1) is 22.3 Å². The van der Waals surface area contributed by atoms with Crippen LogP contribution in [0.15, 0.2) is 42.9 Å². The average molecular weight is 419 g/mol. The Hall–Kier alpha value is -3.15. The number of carbonyl (C=O) groups is 1. The van der Waals surface area contributed by atoms with Crippen LogP contribution >= 0.6 is 11.3 Å². The van der Waals surface area contributed by atoms with Gasteiger partial charge in [-0.1, -0.05) is 12.1 Å². The molecule has 0 atom stereocenters. The number of likely N-dealkylation sites (tertiary alicyclic amines) is 1. The highest BCUT2D eigenvalue weighted by atomic mass is 32.1. The van der Waals surface area contributed by atoms with Crippen LogP contribution in [0.2, 0.25) is 0 Å². The van der Waals surface area contributed by atoms with Gasteiger partial charge in [-0.2, -0.15) is 5.26 Å². The van der Waals surface area contributed by atoms with Gasteiger partial charge in [0.15, 0.2) is 0 Å². The average Bonchev–Trinajstić information content (AvgIpc) is 3.16. The van der Waals surface area contributed by atoms with Crippen LogP contribution in [0.25, 0.3) is 11.4 Å². The van der Waals surface area contributed by atoms with Gasteiger partial charge in [0, 0.05) is 24.8 Å². The van der Waals surface area contributed by atoms with Crippen LogP contribution in [0.4, 0.5) is 0 Å². The summed E-state index contributed by atoms with van der Waals surface area (Å²) >= 11 is 1.40. The number of rotatable bonds is 4. The second-order valence-corrected chi connectivity index (χ2v) is 8.85. The molecule has 2 aromatic heterocycles. The quantitative estimate of drug-likeness (QED) is 0.698. The number of nitrogens with zero attached hydrogens (tertiary/aromatic N) is 5. The van der Waals surface area contributed by atoms with Crippen molar-refractivity contribution in [1.82, 2.24) is 19.9 Å². The SMILES string of the molecule is Cc1nc(-c2ccncn2)c(C(=O)N2CCC(N)(Cc3ccc(C#N)cc3)CC2)s1. The third kappa shape index (κ3) is 4.22. The number of piperidine rings is 1. The van der Waals surface area contributed by atoms with E-state index in [-0.39, 0.29) is 11.4 Å². The summed E-state index contributed by atoms with van der Waals surface area (Å²) < 4.78 is 0. The van der Waals surface area contributed by atoms with Gasteiger partial charge in [0.1, 0.15) is 16.9 Å². The highest BCUT2D eigenvalue weighted by molar-refractivity contribution is 7.14. The normalized spacial score (nSPS) is 15.6. The van der Waals surface area contributed by atoms with Crippen LogP contribution in [-0.2, 0) is 6.42 Å². The first-order chi connectivity index (χ1) is 14.5. The van der Waals surface area contributed by atoms with Crippen molar-refractivity contribution in [2.75, 3.05) is 13.1 Å². The molecule has 8 heteroatoms. The second kappa shape index (κ2) is 8.30. The molecule has 0 spiro atoms. The first kappa shape index (κ1) is 20.1. The standard InChI is InChI=1S/C22H22N6OS/c1-15-27-19(18-6-9-25-14-26-18)20(30-15)21(29)28-10-7-22(24,8-11-28)12-16-2-4-17(13-23)5-3-16/h2-6,9,14H,7-8,10-12,24H2,1H3. The molecule has 30 heavy (non-hydrogen) atoms. The van der Waals surface area contributed by atoms with Gasteiger partial charge in [-0.05, 0) is 49.9 Å². The lowest BCUT2D eigenvalue weighted by Crippen LogP contribution is -2.53. The van der Waals surface area contributed by atoms with Crippen molar-refractivity contribution in [1.29, 1.82) is 5.26 Å². The van der Waals surface area contributed by atoms with E-state index in [0.29, 0.717) is 34.9 Å². The molecule has 1 fully saturated rings. The summed E-state index contributed by atoms with van der Waals surface area (Å²) in [4.78, 5) is 28.4. The molecule has 0 unspecified atom stereocenters. The molecule has 0 saturated carbocycles. The van der Waals surface area contributed by atoms with Crippen molar-refractivity contribution in [2.45, 2.75) is 31.7 Å². The van der Waals surface area contributed by atoms with E-state index < -0.39 is 0 Å². The Bertz CT molecular complexity index is 1080. The van der Waals surface area contributed by atoms with Crippen LogP contribution in [0.3, 0.4) is 0 Å².